The van der Waals surface area contributed by atoms with Gasteiger partial charge in [-0.05, 0) is 0 Å². The Bertz CT molecular complexity index is 446. The van der Waals surface area contributed by atoms with E-state index in [1.165, 1.54) is 0 Å². The second kappa shape index (κ2) is 4.86. The Morgan fingerprint density at radius 1 is 1.00 bits per heavy atom. The standard InChI is InChI=1S/C9H14N4O7/c14-1-9-6(10(2-15)7(19)12(9)4-17)11(3-16)8(20)13(9)5-18/h2,6,14,16-18H,1,3-5H2. The van der Waals surface area contributed by atoms with Crippen molar-refractivity contribution in [2.24, 2.45) is 0 Å². The van der Waals surface area contributed by atoms with Crippen LogP contribution in [-0.4, -0.2) is 97.1 Å². The predicted molar refractivity (Wildman–Crippen MR) is 59.1 cm³/mol. The van der Waals surface area contributed by atoms with E-state index in [1.807, 2.05) is 0 Å². The summed E-state index contributed by atoms with van der Waals surface area (Å²) in [5.41, 5.74) is -1.85. The van der Waals surface area contributed by atoms with Crippen LogP contribution >= 0.6 is 0 Å². The Morgan fingerprint density at radius 3 is 1.95 bits per heavy atom. The van der Waals surface area contributed by atoms with Gasteiger partial charge in [-0.2, -0.15) is 0 Å². The van der Waals surface area contributed by atoms with E-state index in [9.17, 15) is 34.8 Å². The minimum atomic E-state index is -1.85. The molecule has 0 spiro atoms. The molecule has 0 saturated carbocycles. The van der Waals surface area contributed by atoms with Crippen molar-refractivity contribution in [3.8, 4) is 0 Å². The lowest BCUT2D eigenvalue weighted by atomic mass is 10.1. The maximum atomic E-state index is 12.0. The summed E-state index contributed by atoms with van der Waals surface area (Å²) in [6.45, 7) is -3.43. The third-order valence-electron chi connectivity index (χ3n) is 3.62. The third kappa shape index (κ3) is 1.39. The molecule has 112 valence electrons. The van der Waals surface area contributed by atoms with E-state index >= 15 is 0 Å². The monoisotopic (exact) mass is 290 g/mol. The van der Waals surface area contributed by atoms with Crippen LogP contribution in [0.5, 0.6) is 0 Å². The second-order valence-electron chi connectivity index (χ2n) is 4.24. The van der Waals surface area contributed by atoms with Crippen LogP contribution < -0.4 is 0 Å². The van der Waals surface area contributed by atoms with Crippen molar-refractivity contribution in [1.82, 2.24) is 19.6 Å². The Labute approximate surface area is 112 Å². The van der Waals surface area contributed by atoms with Crippen LogP contribution in [0, 0.1) is 0 Å². The van der Waals surface area contributed by atoms with Crippen molar-refractivity contribution < 1.29 is 34.8 Å². The fourth-order valence-corrected chi connectivity index (χ4v) is 2.74. The van der Waals surface area contributed by atoms with Crippen molar-refractivity contribution in [3.05, 3.63) is 0 Å². The van der Waals surface area contributed by atoms with E-state index in [-0.39, 0.29) is 6.41 Å². The van der Waals surface area contributed by atoms with Crippen LogP contribution in [0.15, 0.2) is 0 Å². The molecule has 2 fully saturated rings. The molecule has 0 aromatic heterocycles. The second-order valence-corrected chi connectivity index (χ2v) is 4.24. The molecule has 0 aromatic carbocycles. The molecule has 2 saturated heterocycles. The van der Waals surface area contributed by atoms with Gasteiger partial charge in [0, 0.05) is 0 Å². The number of hydrogen-bond acceptors (Lipinski definition) is 7. The molecule has 0 bridgehead atoms. The summed E-state index contributed by atoms with van der Waals surface area (Å²) in [5.74, 6) is 0. The molecule has 2 heterocycles. The van der Waals surface area contributed by atoms with Crippen LogP contribution in [-0.2, 0) is 4.79 Å². The minimum absolute atomic E-state index is 0.129. The van der Waals surface area contributed by atoms with Crippen LogP contribution in [0.2, 0.25) is 0 Å². The van der Waals surface area contributed by atoms with Crippen molar-refractivity contribution >= 4 is 18.5 Å². The molecule has 2 aliphatic rings. The Kier molecular flexibility index (Phi) is 3.52. The number of hydrogen-bond donors (Lipinski definition) is 4. The van der Waals surface area contributed by atoms with Gasteiger partial charge in [0.15, 0.2) is 11.8 Å². The third-order valence-corrected chi connectivity index (χ3v) is 3.62. The predicted octanol–water partition coefficient (Wildman–Crippen LogP) is -3.52. The van der Waals surface area contributed by atoms with Crippen LogP contribution in [0.25, 0.3) is 0 Å². The zero-order chi connectivity index (χ0) is 15.1. The van der Waals surface area contributed by atoms with E-state index < -0.39 is 50.7 Å². The maximum absolute atomic E-state index is 12.0. The SMILES string of the molecule is O=CN1C(=O)N(CO)C2(CO)C1N(CO)C(=O)N2CO. The lowest BCUT2D eigenvalue weighted by Crippen LogP contribution is -2.63. The molecule has 0 aliphatic carbocycles. The Hall–Kier alpha value is -1.95. The van der Waals surface area contributed by atoms with Crippen molar-refractivity contribution in [2.75, 3.05) is 26.8 Å². The fraction of sp³-hybridized carbons (Fsp3) is 0.667. The van der Waals surface area contributed by atoms with E-state index in [0.29, 0.717) is 14.7 Å². The molecule has 0 aromatic rings. The molecule has 2 aliphatic heterocycles. The lowest BCUT2D eigenvalue weighted by Gasteiger charge is -2.38. The molecule has 11 nitrogen and oxygen atoms in total. The zero-order valence-electron chi connectivity index (χ0n) is 10.3. The number of fused-ring (bicyclic) bond motifs is 1. The summed E-state index contributed by atoms with van der Waals surface area (Å²) >= 11 is 0. The van der Waals surface area contributed by atoms with E-state index in [4.69, 9.17) is 0 Å². The van der Waals surface area contributed by atoms with Gasteiger partial charge in [0.1, 0.15) is 20.2 Å². The number of aliphatic hydroxyl groups is 4. The van der Waals surface area contributed by atoms with Gasteiger partial charge in [-0.1, -0.05) is 0 Å². The number of aliphatic hydroxyl groups excluding tert-OH is 4. The number of imide groups is 1. The highest BCUT2D eigenvalue weighted by atomic mass is 16.3. The summed E-state index contributed by atoms with van der Waals surface area (Å²) < 4.78 is 0. The van der Waals surface area contributed by atoms with Gasteiger partial charge in [0.05, 0.1) is 6.61 Å². The summed E-state index contributed by atoms with van der Waals surface area (Å²) in [4.78, 5) is 37.8. The van der Waals surface area contributed by atoms with Crippen molar-refractivity contribution in [2.45, 2.75) is 11.8 Å². The topological polar surface area (TPSA) is 145 Å². The number of carbonyl (C=O) groups excluding carboxylic acids is 3. The lowest BCUT2D eigenvalue weighted by molar-refractivity contribution is -0.122. The van der Waals surface area contributed by atoms with Crippen LogP contribution in [0.1, 0.15) is 0 Å². The number of carbonyl (C=O) groups is 3. The minimum Gasteiger partial charge on any atom is -0.392 e. The molecule has 0 radical (unpaired) electrons. The molecule has 2 unspecified atom stereocenters. The molecular formula is C9H14N4O7. The normalized spacial score (nSPS) is 29.5. The molecule has 2 atom stereocenters. The fourth-order valence-electron chi connectivity index (χ4n) is 2.74. The van der Waals surface area contributed by atoms with E-state index in [0.717, 1.165) is 4.90 Å². The zero-order valence-corrected chi connectivity index (χ0v) is 10.3. The summed E-state index contributed by atoms with van der Waals surface area (Å²) in [6.07, 6.45) is -1.22. The Balaban J connectivity index is 2.63. The summed E-state index contributed by atoms with van der Waals surface area (Å²) in [7, 11) is 0. The highest BCUT2D eigenvalue weighted by Gasteiger charge is 2.69. The van der Waals surface area contributed by atoms with Gasteiger partial charge < -0.3 is 20.4 Å². The van der Waals surface area contributed by atoms with Gasteiger partial charge in [-0.25, -0.2) is 14.5 Å². The van der Waals surface area contributed by atoms with Crippen LogP contribution in [0.3, 0.4) is 0 Å². The van der Waals surface area contributed by atoms with Crippen molar-refractivity contribution in [3.63, 3.8) is 0 Å². The van der Waals surface area contributed by atoms with Gasteiger partial charge in [-0.15, -0.1) is 0 Å². The van der Waals surface area contributed by atoms with Crippen molar-refractivity contribution in [1.29, 1.82) is 0 Å². The first-order chi connectivity index (χ1) is 9.54. The van der Waals surface area contributed by atoms with Gasteiger partial charge in [0.25, 0.3) is 0 Å². The largest absolute Gasteiger partial charge is 0.392 e. The average Bonchev–Trinajstić information content (AvgIpc) is 2.83. The van der Waals surface area contributed by atoms with E-state index in [2.05, 4.69) is 0 Å². The van der Waals surface area contributed by atoms with Gasteiger partial charge in [-0.3, -0.25) is 19.5 Å². The number of nitrogens with zero attached hydrogens (tertiary/aromatic N) is 4. The van der Waals surface area contributed by atoms with E-state index in [1.54, 1.807) is 0 Å². The summed E-state index contributed by atoms with van der Waals surface area (Å²) in [5, 5.41) is 37.5. The summed E-state index contributed by atoms with van der Waals surface area (Å²) in [6, 6.07) is -1.84. The first-order valence-electron chi connectivity index (χ1n) is 5.62. The molecule has 5 amide bonds. The Morgan fingerprint density at radius 2 is 1.55 bits per heavy atom. The van der Waals surface area contributed by atoms with Crippen LogP contribution in [0.4, 0.5) is 9.59 Å². The molecule has 2 rings (SSSR count). The molecule has 20 heavy (non-hydrogen) atoms. The first-order valence-corrected chi connectivity index (χ1v) is 5.62. The smallest absolute Gasteiger partial charge is 0.332 e. The number of amides is 5. The van der Waals surface area contributed by atoms with Gasteiger partial charge in [0.2, 0.25) is 6.41 Å². The molecular weight excluding hydrogens is 276 g/mol. The quantitative estimate of drug-likeness (QED) is 0.384. The molecule has 11 heteroatoms. The highest BCUT2D eigenvalue weighted by molar-refractivity contribution is 5.92. The first kappa shape index (κ1) is 14.5. The maximum Gasteiger partial charge on any atom is 0.332 e. The average molecular weight is 290 g/mol. The molecule has 4 N–H and O–H groups in total. The number of rotatable bonds is 5. The number of urea groups is 2. The van der Waals surface area contributed by atoms with Gasteiger partial charge >= 0.3 is 12.1 Å². The highest BCUT2D eigenvalue weighted by Crippen LogP contribution is 2.42.